The predicted octanol–water partition coefficient (Wildman–Crippen LogP) is 2.87. The molecule has 1 aromatic carbocycles. The number of aromatic nitrogens is 1. The van der Waals surface area contributed by atoms with Crippen LogP contribution in [-0.4, -0.2) is 61.8 Å². The number of hydrogen-bond donors (Lipinski definition) is 2. The Morgan fingerprint density at radius 1 is 1.18 bits per heavy atom. The number of fused-ring (bicyclic) bond motifs is 1. The van der Waals surface area contributed by atoms with Crippen molar-refractivity contribution in [3.05, 3.63) is 42.2 Å². The normalized spacial score (nSPS) is 16.6. The van der Waals surface area contributed by atoms with Crippen molar-refractivity contribution in [1.29, 1.82) is 0 Å². The number of nitrogens with one attached hydrogen (secondary N) is 2. The number of hydrogen-bond acceptors (Lipinski definition) is 4. The summed E-state index contributed by atoms with van der Waals surface area (Å²) in [6.07, 6.45) is 1.86. The molecule has 1 aliphatic rings. The summed E-state index contributed by atoms with van der Waals surface area (Å²) in [5, 5.41) is 9.29. The Morgan fingerprint density at radius 3 is 2.64 bits per heavy atom. The standard InChI is InChI=1S/C21H31N5O.HI/c1-16(2)20(26-10-12-27-13-11-26)15-25-21(22-3)24-14-19-18-7-5-4-6-17(18)8-9-23-19;/h4-9,16,20H,10-15H2,1-3H3,(H2,22,24,25);1H. The largest absolute Gasteiger partial charge is 0.379 e. The molecule has 1 aliphatic heterocycles. The molecule has 0 radical (unpaired) electrons. The fourth-order valence-corrected chi connectivity index (χ4v) is 3.61. The molecule has 3 rings (SSSR count). The molecule has 1 aromatic heterocycles. The Bertz CT molecular complexity index is 756. The molecule has 7 heteroatoms. The minimum atomic E-state index is 0. The van der Waals surface area contributed by atoms with Gasteiger partial charge < -0.3 is 15.4 Å². The summed E-state index contributed by atoms with van der Waals surface area (Å²) in [6, 6.07) is 10.8. The summed E-state index contributed by atoms with van der Waals surface area (Å²) in [7, 11) is 1.81. The van der Waals surface area contributed by atoms with Crippen LogP contribution in [0.15, 0.2) is 41.5 Å². The van der Waals surface area contributed by atoms with E-state index in [0.717, 1.165) is 44.5 Å². The van der Waals surface area contributed by atoms with Crippen LogP contribution in [0.25, 0.3) is 10.8 Å². The number of aliphatic imine (C=N–C) groups is 1. The van der Waals surface area contributed by atoms with Crippen LogP contribution in [0.2, 0.25) is 0 Å². The van der Waals surface area contributed by atoms with Crippen LogP contribution < -0.4 is 10.6 Å². The van der Waals surface area contributed by atoms with Gasteiger partial charge in [-0.25, -0.2) is 0 Å². The molecule has 1 saturated heterocycles. The van der Waals surface area contributed by atoms with Gasteiger partial charge in [0, 0.05) is 44.3 Å². The molecule has 2 aromatic rings. The van der Waals surface area contributed by atoms with Gasteiger partial charge in [-0.05, 0) is 17.4 Å². The molecule has 2 heterocycles. The van der Waals surface area contributed by atoms with Gasteiger partial charge in [0.1, 0.15) is 0 Å². The maximum Gasteiger partial charge on any atom is 0.191 e. The third kappa shape index (κ3) is 6.02. The summed E-state index contributed by atoms with van der Waals surface area (Å²) in [4.78, 5) is 11.4. The molecular formula is C21H32IN5O. The van der Waals surface area contributed by atoms with E-state index >= 15 is 0 Å². The first kappa shape index (κ1) is 22.8. The van der Waals surface area contributed by atoms with Crippen LogP contribution in [0.5, 0.6) is 0 Å². The van der Waals surface area contributed by atoms with Crippen molar-refractivity contribution in [2.24, 2.45) is 10.9 Å². The molecule has 6 nitrogen and oxygen atoms in total. The van der Waals surface area contributed by atoms with Gasteiger partial charge in [-0.15, -0.1) is 24.0 Å². The van der Waals surface area contributed by atoms with E-state index in [9.17, 15) is 0 Å². The monoisotopic (exact) mass is 497 g/mol. The van der Waals surface area contributed by atoms with Crippen molar-refractivity contribution in [1.82, 2.24) is 20.5 Å². The second-order valence-corrected chi connectivity index (χ2v) is 7.25. The van der Waals surface area contributed by atoms with E-state index in [0.29, 0.717) is 18.5 Å². The number of morpholine rings is 1. The number of guanidine groups is 1. The number of pyridine rings is 1. The third-order valence-corrected chi connectivity index (χ3v) is 5.17. The van der Waals surface area contributed by atoms with E-state index in [2.05, 4.69) is 63.6 Å². The number of nitrogens with zero attached hydrogens (tertiary/aromatic N) is 3. The highest BCUT2D eigenvalue weighted by Crippen LogP contribution is 2.16. The lowest BCUT2D eigenvalue weighted by atomic mass is 10.0. The lowest BCUT2D eigenvalue weighted by Crippen LogP contribution is -2.52. The van der Waals surface area contributed by atoms with Crippen molar-refractivity contribution < 1.29 is 4.74 Å². The Hall–Kier alpha value is -1.45. The van der Waals surface area contributed by atoms with Crippen LogP contribution in [0.1, 0.15) is 19.5 Å². The molecule has 0 bridgehead atoms. The molecular weight excluding hydrogens is 465 g/mol. The Kier molecular flexibility index (Phi) is 9.40. The van der Waals surface area contributed by atoms with Gasteiger partial charge in [-0.3, -0.25) is 14.9 Å². The van der Waals surface area contributed by atoms with Crippen molar-refractivity contribution in [2.45, 2.75) is 26.4 Å². The molecule has 2 N–H and O–H groups in total. The van der Waals surface area contributed by atoms with Gasteiger partial charge in [0.15, 0.2) is 5.96 Å². The average molecular weight is 497 g/mol. The highest BCUT2D eigenvalue weighted by atomic mass is 127. The van der Waals surface area contributed by atoms with E-state index < -0.39 is 0 Å². The predicted molar refractivity (Wildman–Crippen MR) is 126 cm³/mol. The lowest BCUT2D eigenvalue weighted by molar-refractivity contribution is 0.00752. The van der Waals surface area contributed by atoms with Gasteiger partial charge in [0.05, 0.1) is 25.5 Å². The molecule has 0 amide bonds. The molecule has 0 aliphatic carbocycles. The third-order valence-electron chi connectivity index (χ3n) is 5.17. The van der Waals surface area contributed by atoms with E-state index in [4.69, 9.17) is 4.74 Å². The number of ether oxygens (including phenoxy) is 1. The molecule has 154 valence electrons. The Morgan fingerprint density at radius 2 is 1.93 bits per heavy atom. The summed E-state index contributed by atoms with van der Waals surface area (Å²) in [5.74, 6) is 1.37. The van der Waals surface area contributed by atoms with Crippen molar-refractivity contribution in [3.63, 3.8) is 0 Å². The number of rotatable bonds is 6. The second-order valence-electron chi connectivity index (χ2n) is 7.25. The zero-order chi connectivity index (χ0) is 19.1. The van der Waals surface area contributed by atoms with Crippen molar-refractivity contribution in [3.8, 4) is 0 Å². The van der Waals surface area contributed by atoms with Gasteiger partial charge in [-0.2, -0.15) is 0 Å². The Balaban J connectivity index is 0.00000280. The molecule has 1 atom stereocenters. The van der Waals surface area contributed by atoms with Gasteiger partial charge in [-0.1, -0.05) is 38.1 Å². The maximum atomic E-state index is 5.49. The first-order valence-electron chi connectivity index (χ1n) is 9.78. The van der Waals surface area contributed by atoms with Crippen LogP contribution in [0.3, 0.4) is 0 Å². The summed E-state index contributed by atoms with van der Waals surface area (Å²) in [5.41, 5.74) is 1.03. The minimum absolute atomic E-state index is 0. The highest BCUT2D eigenvalue weighted by molar-refractivity contribution is 14.0. The second kappa shape index (κ2) is 11.5. The molecule has 1 unspecified atom stereocenters. The first-order valence-corrected chi connectivity index (χ1v) is 9.78. The molecule has 28 heavy (non-hydrogen) atoms. The lowest BCUT2D eigenvalue weighted by Gasteiger charge is -2.37. The van der Waals surface area contributed by atoms with Gasteiger partial charge in [0.2, 0.25) is 0 Å². The fraction of sp³-hybridized carbons (Fsp3) is 0.524. The Labute approximate surface area is 185 Å². The minimum Gasteiger partial charge on any atom is -0.379 e. The van der Waals surface area contributed by atoms with E-state index in [-0.39, 0.29) is 24.0 Å². The zero-order valence-electron chi connectivity index (χ0n) is 17.0. The quantitative estimate of drug-likeness (QED) is 0.365. The van der Waals surface area contributed by atoms with Crippen LogP contribution in [0, 0.1) is 5.92 Å². The SMILES string of the molecule is CN=C(NCc1nccc2ccccc12)NCC(C(C)C)N1CCOCC1.I. The smallest absolute Gasteiger partial charge is 0.191 e. The number of halogens is 1. The summed E-state index contributed by atoms with van der Waals surface area (Å²) >= 11 is 0. The van der Waals surface area contributed by atoms with Crippen molar-refractivity contribution >= 4 is 40.7 Å². The molecule has 0 saturated carbocycles. The molecule has 1 fully saturated rings. The summed E-state index contributed by atoms with van der Waals surface area (Å²) in [6.45, 7) is 9.69. The van der Waals surface area contributed by atoms with Gasteiger partial charge >= 0.3 is 0 Å². The van der Waals surface area contributed by atoms with Crippen LogP contribution in [0.4, 0.5) is 0 Å². The maximum absolute atomic E-state index is 5.49. The van der Waals surface area contributed by atoms with Crippen LogP contribution in [-0.2, 0) is 11.3 Å². The van der Waals surface area contributed by atoms with E-state index in [1.807, 2.05) is 19.3 Å². The zero-order valence-corrected chi connectivity index (χ0v) is 19.3. The summed E-state index contributed by atoms with van der Waals surface area (Å²) < 4.78 is 5.49. The molecule has 0 spiro atoms. The fourth-order valence-electron chi connectivity index (χ4n) is 3.61. The highest BCUT2D eigenvalue weighted by Gasteiger charge is 2.23. The topological polar surface area (TPSA) is 61.8 Å². The van der Waals surface area contributed by atoms with E-state index in [1.165, 1.54) is 10.8 Å². The van der Waals surface area contributed by atoms with Crippen molar-refractivity contribution in [2.75, 3.05) is 39.9 Å². The van der Waals surface area contributed by atoms with Crippen LogP contribution >= 0.6 is 24.0 Å². The van der Waals surface area contributed by atoms with E-state index in [1.54, 1.807) is 0 Å². The average Bonchev–Trinajstić information content (AvgIpc) is 2.71. The first-order chi connectivity index (χ1) is 13.2. The number of benzene rings is 1. The van der Waals surface area contributed by atoms with Gasteiger partial charge in [0.25, 0.3) is 0 Å².